The summed E-state index contributed by atoms with van der Waals surface area (Å²) < 4.78 is 1.19. The lowest BCUT2D eigenvalue weighted by Gasteiger charge is -2.07. The van der Waals surface area contributed by atoms with Crippen molar-refractivity contribution in [2.75, 3.05) is 22.3 Å². The fourth-order valence-electron chi connectivity index (χ4n) is 2.60. The molecule has 160 valence electrons. The number of amides is 1. The van der Waals surface area contributed by atoms with Crippen molar-refractivity contribution in [1.29, 1.82) is 0 Å². The van der Waals surface area contributed by atoms with E-state index in [9.17, 15) is 14.9 Å². The molecule has 0 spiro atoms. The number of nitrogens with zero attached hydrogens (tertiary/aromatic N) is 5. The zero-order valence-electron chi connectivity index (χ0n) is 16.6. The monoisotopic (exact) mass is 440 g/mol. The smallest absolute Gasteiger partial charge is 0.292 e. The van der Waals surface area contributed by atoms with E-state index in [1.807, 2.05) is 37.3 Å². The molecular weight excluding hydrogens is 420 g/mol. The number of nitrogen functional groups attached to an aromatic ring is 1. The Balaban J connectivity index is 1.61. The van der Waals surface area contributed by atoms with Crippen molar-refractivity contribution in [2.45, 2.75) is 18.5 Å². The van der Waals surface area contributed by atoms with Crippen LogP contribution in [-0.4, -0.2) is 37.2 Å². The van der Waals surface area contributed by atoms with Crippen LogP contribution in [-0.2, 0) is 4.79 Å². The molecule has 0 saturated heterocycles. The van der Waals surface area contributed by atoms with Gasteiger partial charge in [-0.25, -0.2) is 10.1 Å². The Morgan fingerprint density at radius 2 is 1.90 bits per heavy atom. The van der Waals surface area contributed by atoms with E-state index in [0.29, 0.717) is 6.42 Å². The molecule has 11 nitrogen and oxygen atoms in total. The number of hydrazone groups is 1. The van der Waals surface area contributed by atoms with Crippen molar-refractivity contribution < 1.29 is 9.72 Å². The average Bonchev–Trinajstić information content (AvgIpc) is 3.13. The Bertz CT molecular complexity index is 1100. The van der Waals surface area contributed by atoms with Crippen LogP contribution in [0.2, 0.25) is 0 Å². The maximum atomic E-state index is 12.2. The van der Waals surface area contributed by atoms with Gasteiger partial charge in [0.2, 0.25) is 11.1 Å². The van der Waals surface area contributed by atoms with Crippen LogP contribution in [0.25, 0.3) is 0 Å². The topological polar surface area (TPSA) is 153 Å². The maximum Gasteiger partial charge on any atom is 0.292 e. The van der Waals surface area contributed by atoms with Crippen LogP contribution in [0.1, 0.15) is 18.9 Å². The highest BCUT2D eigenvalue weighted by molar-refractivity contribution is 7.99. The number of para-hydroxylation sites is 2. The first kappa shape index (κ1) is 21.8. The quantitative estimate of drug-likeness (QED) is 0.151. The molecule has 0 bridgehead atoms. The van der Waals surface area contributed by atoms with Crippen LogP contribution < -0.4 is 16.6 Å². The molecule has 2 aromatic carbocycles. The first-order valence-corrected chi connectivity index (χ1v) is 10.2. The number of aromatic nitrogens is 3. The van der Waals surface area contributed by atoms with Gasteiger partial charge in [-0.2, -0.15) is 5.10 Å². The van der Waals surface area contributed by atoms with Crippen molar-refractivity contribution in [2.24, 2.45) is 5.10 Å². The van der Waals surface area contributed by atoms with Crippen LogP contribution in [0.4, 0.5) is 17.3 Å². The molecule has 31 heavy (non-hydrogen) atoms. The molecule has 0 aliphatic carbocycles. The maximum absolute atomic E-state index is 12.2. The Morgan fingerprint density at radius 3 is 2.61 bits per heavy atom. The molecule has 0 atom stereocenters. The lowest BCUT2D eigenvalue weighted by molar-refractivity contribution is -0.383. The van der Waals surface area contributed by atoms with Gasteiger partial charge in [-0.05, 0) is 18.1 Å². The molecule has 12 heteroatoms. The largest absolute Gasteiger partial charge is 0.334 e. The molecule has 1 aromatic heterocycles. The SMILES string of the molecule is CC/C(=N/Nc1nnc(SCC(=O)Nc2ccccc2[N+](=O)[O-])n1N)c1ccccc1. The van der Waals surface area contributed by atoms with Gasteiger partial charge in [0, 0.05) is 6.07 Å². The number of benzene rings is 2. The van der Waals surface area contributed by atoms with Crippen molar-refractivity contribution in [3.8, 4) is 0 Å². The van der Waals surface area contributed by atoms with Gasteiger partial charge in [-0.1, -0.05) is 61.2 Å². The third kappa shape index (κ3) is 5.57. The van der Waals surface area contributed by atoms with Crippen molar-refractivity contribution in [3.63, 3.8) is 0 Å². The molecular formula is C19H20N8O3S. The fourth-order valence-corrected chi connectivity index (χ4v) is 3.26. The van der Waals surface area contributed by atoms with E-state index in [0.717, 1.165) is 23.0 Å². The second kappa shape index (κ2) is 10.2. The van der Waals surface area contributed by atoms with Gasteiger partial charge >= 0.3 is 0 Å². The molecule has 0 unspecified atom stereocenters. The molecule has 0 aliphatic rings. The van der Waals surface area contributed by atoms with E-state index >= 15 is 0 Å². The molecule has 1 amide bonds. The van der Waals surface area contributed by atoms with Gasteiger partial charge < -0.3 is 11.2 Å². The van der Waals surface area contributed by atoms with E-state index < -0.39 is 10.8 Å². The average molecular weight is 440 g/mol. The normalized spacial score (nSPS) is 11.2. The molecule has 0 aliphatic heterocycles. The minimum Gasteiger partial charge on any atom is -0.334 e. The van der Waals surface area contributed by atoms with Crippen LogP contribution in [0.15, 0.2) is 64.9 Å². The number of nitrogens with one attached hydrogen (secondary N) is 2. The van der Waals surface area contributed by atoms with E-state index in [2.05, 4.69) is 26.0 Å². The van der Waals surface area contributed by atoms with Crippen LogP contribution in [0.5, 0.6) is 0 Å². The molecule has 3 aromatic rings. The number of thioether (sulfide) groups is 1. The molecule has 1 heterocycles. The standard InChI is InChI=1S/C19H20N8O3S/c1-2-14(13-8-4-3-5-9-13)22-23-18-24-25-19(26(18)20)31-12-17(28)21-15-10-6-7-11-16(15)27(29)30/h3-11H,2,12,20H2,1H3,(H,21,28)(H,23,24)/b22-14-. The second-order valence-corrected chi connectivity index (χ2v) is 7.12. The number of hydrogen-bond donors (Lipinski definition) is 3. The van der Waals surface area contributed by atoms with Gasteiger partial charge in [-0.15, -0.1) is 10.2 Å². The number of hydrogen-bond acceptors (Lipinski definition) is 9. The molecule has 0 saturated carbocycles. The predicted octanol–water partition coefficient (Wildman–Crippen LogP) is 2.86. The highest BCUT2D eigenvalue weighted by Crippen LogP contribution is 2.24. The summed E-state index contributed by atoms with van der Waals surface area (Å²) in [5.41, 5.74) is 4.53. The summed E-state index contributed by atoms with van der Waals surface area (Å²) in [6.07, 6.45) is 0.698. The number of nitro benzene ring substituents is 1. The summed E-state index contributed by atoms with van der Waals surface area (Å²) >= 11 is 1.04. The second-order valence-electron chi connectivity index (χ2n) is 6.18. The third-order valence-corrected chi connectivity index (χ3v) is 5.05. The van der Waals surface area contributed by atoms with Gasteiger partial charge in [0.15, 0.2) is 0 Å². The predicted molar refractivity (Wildman–Crippen MR) is 120 cm³/mol. The van der Waals surface area contributed by atoms with Gasteiger partial charge in [0.05, 0.1) is 16.4 Å². The highest BCUT2D eigenvalue weighted by atomic mass is 32.2. The first-order valence-electron chi connectivity index (χ1n) is 9.24. The number of carbonyl (C=O) groups is 1. The van der Waals surface area contributed by atoms with Crippen molar-refractivity contribution in [1.82, 2.24) is 14.9 Å². The number of nitrogens with two attached hydrogens (primary N) is 1. The molecule has 4 N–H and O–H groups in total. The molecule has 0 fully saturated rings. The summed E-state index contributed by atoms with van der Waals surface area (Å²) in [5.74, 6) is 5.70. The van der Waals surface area contributed by atoms with E-state index in [-0.39, 0.29) is 28.2 Å². The summed E-state index contributed by atoms with van der Waals surface area (Å²) in [6.45, 7) is 1.98. The number of rotatable bonds is 9. The van der Waals surface area contributed by atoms with Crippen molar-refractivity contribution >= 4 is 40.7 Å². The molecule has 0 radical (unpaired) electrons. The zero-order chi connectivity index (χ0) is 22.2. The minimum atomic E-state index is -0.558. The first-order chi connectivity index (χ1) is 15.0. The summed E-state index contributed by atoms with van der Waals surface area (Å²) in [4.78, 5) is 22.7. The van der Waals surface area contributed by atoms with Crippen LogP contribution in [0, 0.1) is 10.1 Å². The minimum absolute atomic E-state index is 0.0606. The van der Waals surface area contributed by atoms with E-state index in [1.54, 1.807) is 6.07 Å². The van der Waals surface area contributed by atoms with Crippen LogP contribution in [0.3, 0.4) is 0 Å². The summed E-state index contributed by atoms with van der Waals surface area (Å²) in [5, 5.41) is 26.1. The van der Waals surface area contributed by atoms with E-state index in [1.165, 1.54) is 22.9 Å². The Hall–Kier alpha value is -3.93. The Labute approximate surface area is 181 Å². The fraction of sp³-hybridized carbons (Fsp3) is 0.158. The summed E-state index contributed by atoms with van der Waals surface area (Å²) in [6, 6.07) is 15.6. The number of nitro groups is 1. The lowest BCUT2D eigenvalue weighted by atomic mass is 10.1. The van der Waals surface area contributed by atoms with Crippen LogP contribution >= 0.6 is 11.8 Å². The third-order valence-electron chi connectivity index (χ3n) is 4.10. The number of anilines is 2. The highest BCUT2D eigenvalue weighted by Gasteiger charge is 2.16. The zero-order valence-corrected chi connectivity index (χ0v) is 17.4. The Kier molecular flexibility index (Phi) is 7.17. The van der Waals surface area contributed by atoms with E-state index in [4.69, 9.17) is 5.84 Å². The Morgan fingerprint density at radius 1 is 1.19 bits per heavy atom. The summed E-state index contributed by atoms with van der Waals surface area (Å²) in [7, 11) is 0. The number of carbonyl (C=O) groups excluding carboxylic acids is 1. The molecule has 3 rings (SSSR count). The van der Waals surface area contributed by atoms with Gasteiger partial charge in [0.25, 0.3) is 11.6 Å². The van der Waals surface area contributed by atoms with Gasteiger partial charge in [-0.3, -0.25) is 14.9 Å². The van der Waals surface area contributed by atoms with Crippen molar-refractivity contribution in [3.05, 3.63) is 70.3 Å². The lowest BCUT2D eigenvalue weighted by Crippen LogP contribution is -2.17. The van der Waals surface area contributed by atoms with Gasteiger partial charge in [0.1, 0.15) is 5.69 Å².